The lowest BCUT2D eigenvalue weighted by Gasteiger charge is -2.03. The van der Waals surface area contributed by atoms with Crippen LogP contribution in [0.3, 0.4) is 0 Å². The molecule has 17 heavy (non-hydrogen) atoms. The molecular weight excluding hydrogens is 236 g/mol. The van der Waals surface area contributed by atoms with Crippen LogP contribution >= 0.6 is 0 Å². The minimum atomic E-state index is -4.13. The van der Waals surface area contributed by atoms with Crippen molar-refractivity contribution in [2.75, 3.05) is 0 Å². The zero-order valence-electron chi connectivity index (χ0n) is 9.13. The van der Waals surface area contributed by atoms with Gasteiger partial charge in [0.05, 0.1) is 4.90 Å². The Morgan fingerprint density at radius 1 is 1.12 bits per heavy atom. The first-order valence-electron chi connectivity index (χ1n) is 5.12. The number of hydrogen-bond acceptors (Lipinski definition) is 2. The Morgan fingerprint density at radius 3 is 2.41 bits per heavy atom. The van der Waals surface area contributed by atoms with Gasteiger partial charge in [0.1, 0.15) is 0 Å². The highest BCUT2D eigenvalue weighted by Crippen LogP contribution is 2.20. The van der Waals surface area contributed by atoms with E-state index in [1.165, 1.54) is 12.1 Å². The fourth-order valence-electron chi connectivity index (χ4n) is 1.73. The fraction of sp³-hybridized carbons (Fsp3) is 0.0769. The molecule has 0 bridgehead atoms. The third-order valence-corrected chi connectivity index (χ3v) is 3.40. The van der Waals surface area contributed by atoms with Gasteiger partial charge in [0.2, 0.25) is 0 Å². The largest absolute Gasteiger partial charge is 0.294 e. The molecule has 1 N–H and O–H groups in total. The van der Waals surface area contributed by atoms with Crippen molar-refractivity contribution < 1.29 is 13.0 Å². The van der Waals surface area contributed by atoms with Crippen molar-refractivity contribution in [3.05, 3.63) is 54.6 Å². The monoisotopic (exact) mass is 248 g/mol. The predicted molar refractivity (Wildman–Crippen MR) is 67.7 cm³/mol. The first kappa shape index (κ1) is 11.8. The summed E-state index contributed by atoms with van der Waals surface area (Å²) in [6.07, 6.45) is 2.59. The van der Waals surface area contributed by atoms with Crippen molar-refractivity contribution >= 4 is 20.9 Å². The van der Waals surface area contributed by atoms with E-state index in [0.29, 0.717) is 0 Å². The molecule has 0 aliphatic heterocycles. The van der Waals surface area contributed by atoms with Gasteiger partial charge in [-0.1, -0.05) is 30.3 Å². The van der Waals surface area contributed by atoms with E-state index in [-0.39, 0.29) is 4.90 Å². The normalized spacial score (nSPS) is 11.6. The molecule has 2 aromatic rings. The van der Waals surface area contributed by atoms with Crippen LogP contribution in [0.1, 0.15) is 5.56 Å². The maximum atomic E-state index is 11.0. The van der Waals surface area contributed by atoms with Crippen LogP contribution in [0.2, 0.25) is 0 Å². The van der Waals surface area contributed by atoms with Gasteiger partial charge in [-0.3, -0.25) is 4.55 Å². The van der Waals surface area contributed by atoms with Crippen LogP contribution in [0, 0.1) is 0 Å². The molecule has 4 heteroatoms. The van der Waals surface area contributed by atoms with Crippen molar-refractivity contribution in [3.63, 3.8) is 0 Å². The van der Waals surface area contributed by atoms with Gasteiger partial charge >= 0.3 is 0 Å². The summed E-state index contributed by atoms with van der Waals surface area (Å²) in [6, 6.07) is 10.3. The van der Waals surface area contributed by atoms with Gasteiger partial charge in [-0.2, -0.15) is 8.42 Å². The van der Waals surface area contributed by atoms with Gasteiger partial charge in [-0.25, -0.2) is 0 Å². The first-order valence-corrected chi connectivity index (χ1v) is 6.56. The van der Waals surface area contributed by atoms with Crippen molar-refractivity contribution in [2.24, 2.45) is 0 Å². The SMILES string of the molecule is C=CCc1ccc2cc(S(=O)(=O)O)ccc2c1. The number of rotatable bonds is 3. The van der Waals surface area contributed by atoms with Gasteiger partial charge in [0, 0.05) is 0 Å². The molecular formula is C13H12O3S. The first-order chi connectivity index (χ1) is 8.00. The molecule has 0 fully saturated rings. The van der Waals surface area contributed by atoms with Crippen molar-refractivity contribution in [2.45, 2.75) is 11.3 Å². The van der Waals surface area contributed by atoms with E-state index in [4.69, 9.17) is 4.55 Å². The molecule has 2 aromatic carbocycles. The maximum absolute atomic E-state index is 11.0. The van der Waals surface area contributed by atoms with Crippen LogP contribution in [0.5, 0.6) is 0 Å². The van der Waals surface area contributed by atoms with Gasteiger partial charge in [0.25, 0.3) is 10.1 Å². The summed E-state index contributed by atoms with van der Waals surface area (Å²) in [5.74, 6) is 0. The molecule has 0 aromatic heterocycles. The predicted octanol–water partition coefficient (Wildman–Crippen LogP) is 2.82. The number of hydrogen-bond donors (Lipinski definition) is 1. The summed E-state index contributed by atoms with van der Waals surface area (Å²) >= 11 is 0. The quantitative estimate of drug-likeness (QED) is 0.671. The molecule has 88 valence electrons. The summed E-state index contributed by atoms with van der Waals surface area (Å²) in [7, 11) is -4.13. The summed E-state index contributed by atoms with van der Waals surface area (Å²) in [5, 5.41) is 1.73. The molecule has 0 atom stereocenters. The maximum Gasteiger partial charge on any atom is 0.294 e. The Labute approximate surface area is 100 Å². The topological polar surface area (TPSA) is 54.4 Å². The van der Waals surface area contributed by atoms with Crippen LogP contribution in [0.25, 0.3) is 10.8 Å². The molecule has 0 radical (unpaired) electrons. The molecule has 0 aliphatic rings. The molecule has 0 amide bonds. The highest BCUT2D eigenvalue weighted by molar-refractivity contribution is 7.85. The average molecular weight is 248 g/mol. The Kier molecular flexibility index (Phi) is 3.00. The molecule has 0 saturated carbocycles. The van der Waals surface area contributed by atoms with Crippen molar-refractivity contribution in [1.29, 1.82) is 0 Å². The van der Waals surface area contributed by atoms with Crippen LogP contribution in [-0.4, -0.2) is 13.0 Å². The third kappa shape index (κ3) is 2.54. The summed E-state index contributed by atoms with van der Waals surface area (Å²) in [5.41, 5.74) is 1.12. The van der Waals surface area contributed by atoms with Crippen LogP contribution in [0.4, 0.5) is 0 Å². The molecule has 0 heterocycles. The lowest BCUT2D eigenvalue weighted by Crippen LogP contribution is -1.97. The average Bonchev–Trinajstić information content (AvgIpc) is 2.27. The molecule has 0 aliphatic carbocycles. The van der Waals surface area contributed by atoms with Gasteiger partial charge in [-0.05, 0) is 34.9 Å². The van der Waals surface area contributed by atoms with Gasteiger partial charge < -0.3 is 0 Å². The Balaban J connectivity index is 2.58. The lowest BCUT2D eigenvalue weighted by atomic mass is 10.1. The van der Waals surface area contributed by atoms with Gasteiger partial charge in [-0.15, -0.1) is 6.58 Å². The standard InChI is InChI=1S/C13H12O3S/c1-2-3-10-4-5-12-9-13(17(14,15)16)7-6-11(12)8-10/h2,4-9H,1,3H2,(H,14,15,16). The summed E-state index contributed by atoms with van der Waals surface area (Å²) in [4.78, 5) is -0.0820. The number of benzene rings is 2. The molecule has 2 rings (SSSR count). The van der Waals surface area contributed by atoms with E-state index in [1.807, 2.05) is 24.3 Å². The number of allylic oxidation sites excluding steroid dienone is 1. The Bertz CT molecular complexity index is 672. The second kappa shape index (κ2) is 4.31. The third-order valence-electron chi connectivity index (χ3n) is 2.55. The summed E-state index contributed by atoms with van der Waals surface area (Å²) in [6.45, 7) is 3.67. The summed E-state index contributed by atoms with van der Waals surface area (Å²) < 4.78 is 30.9. The molecule has 0 spiro atoms. The van der Waals surface area contributed by atoms with Crippen molar-refractivity contribution in [3.8, 4) is 0 Å². The van der Waals surface area contributed by atoms with Crippen LogP contribution in [0.15, 0.2) is 53.9 Å². The second-order valence-electron chi connectivity index (χ2n) is 3.81. The minimum Gasteiger partial charge on any atom is -0.282 e. The van der Waals surface area contributed by atoms with Crippen molar-refractivity contribution in [1.82, 2.24) is 0 Å². The zero-order valence-corrected chi connectivity index (χ0v) is 9.94. The van der Waals surface area contributed by atoms with Crippen LogP contribution in [-0.2, 0) is 16.5 Å². The minimum absolute atomic E-state index is 0.0820. The van der Waals surface area contributed by atoms with E-state index in [2.05, 4.69) is 6.58 Å². The van der Waals surface area contributed by atoms with Crippen LogP contribution < -0.4 is 0 Å². The van der Waals surface area contributed by atoms with E-state index >= 15 is 0 Å². The van der Waals surface area contributed by atoms with E-state index in [1.54, 1.807) is 6.07 Å². The fourth-order valence-corrected chi connectivity index (χ4v) is 2.24. The molecule has 3 nitrogen and oxygen atoms in total. The number of fused-ring (bicyclic) bond motifs is 1. The van der Waals surface area contributed by atoms with E-state index in [9.17, 15) is 8.42 Å². The Morgan fingerprint density at radius 2 is 1.76 bits per heavy atom. The highest BCUT2D eigenvalue weighted by atomic mass is 32.2. The highest BCUT2D eigenvalue weighted by Gasteiger charge is 2.09. The smallest absolute Gasteiger partial charge is 0.282 e. The molecule has 0 saturated heterocycles. The second-order valence-corrected chi connectivity index (χ2v) is 5.23. The molecule has 0 unspecified atom stereocenters. The Hall–Kier alpha value is -1.65. The zero-order chi connectivity index (χ0) is 12.5. The lowest BCUT2D eigenvalue weighted by molar-refractivity contribution is 0.483. The van der Waals surface area contributed by atoms with Gasteiger partial charge in [0.15, 0.2) is 0 Å². The van der Waals surface area contributed by atoms with E-state index < -0.39 is 10.1 Å². The van der Waals surface area contributed by atoms with E-state index in [0.717, 1.165) is 22.8 Å².